The highest BCUT2D eigenvalue weighted by atomic mass is 32.1. The summed E-state index contributed by atoms with van der Waals surface area (Å²) < 4.78 is 23.1. The van der Waals surface area contributed by atoms with Gasteiger partial charge in [-0.3, -0.25) is 4.99 Å². The van der Waals surface area contributed by atoms with Gasteiger partial charge in [0.1, 0.15) is 28.8 Å². The van der Waals surface area contributed by atoms with Gasteiger partial charge in [-0.25, -0.2) is 4.98 Å². The molecule has 3 rings (SSSR count). The van der Waals surface area contributed by atoms with Gasteiger partial charge in [-0.1, -0.05) is 6.08 Å². The van der Waals surface area contributed by atoms with Gasteiger partial charge < -0.3 is 18.9 Å². The van der Waals surface area contributed by atoms with E-state index in [2.05, 4.69) is 4.99 Å². The van der Waals surface area contributed by atoms with Crippen molar-refractivity contribution in [3.63, 3.8) is 0 Å². The highest BCUT2D eigenvalue weighted by Gasteiger charge is 2.11. The van der Waals surface area contributed by atoms with E-state index in [0.29, 0.717) is 38.8 Å². The molecular weight excluding hydrogens is 412 g/mol. The predicted octanol–water partition coefficient (Wildman–Crippen LogP) is 5.68. The fourth-order valence-corrected chi connectivity index (χ4v) is 3.76. The van der Waals surface area contributed by atoms with E-state index in [-0.39, 0.29) is 0 Å². The first-order chi connectivity index (χ1) is 15.2. The summed E-state index contributed by atoms with van der Waals surface area (Å²) >= 11 is 1.64. The molecule has 7 heteroatoms. The summed E-state index contributed by atoms with van der Waals surface area (Å²) in [5, 5.41) is 0.927. The van der Waals surface area contributed by atoms with E-state index >= 15 is 0 Å². The number of methoxy groups -OCH3 is 1. The highest BCUT2D eigenvalue weighted by molar-refractivity contribution is 7.21. The van der Waals surface area contributed by atoms with E-state index < -0.39 is 0 Å². The minimum absolute atomic E-state index is 0.443. The molecule has 0 radical (unpaired) electrons. The number of hydrogen-bond donors (Lipinski definition) is 0. The molecular formula is C24H28N2O4S. The third kappa shape index (κ3) is 6.62. The lowest BCUT2D eigenvalue weighted by Crippen LogP contribution is -2.10. The molecule has 0 atom stereocenters. The Morgan fingerprint density at radius 1 is 1.03 bits per heavy atom. The maximum Gasteiger partial charge on any atom is 0.145 e. The number of nitrogens with zero attached hydrogens (tertiary/aromatic N) is 2. The molecule has 0 unspecified atom stereocenters. The Hall–Kier alpha value is -2.74. The summed E-state index contributed by atoms with van der Waals surface area (Å²) in [4.78, 5) is 9.33. The van der Waals surface area contributed by atoms with Crippen molar-refractivity contribution in [1.82, 2.24) is 4.98 Å². The molecule has 164 valence electrons. The van der Waals surface area contributed by atoms with E-state index in [1.165, 1.54) is 0 Å². The molecule has 0 fully saturated rings. The van der Waals surface area contributed by atoms with Crippen molar-refractivity contribution in [2.45, 2.75) is 13.8 Å². The number of allylic oxidation sites excluding steroid dienone is 2. The molecule has 0 saturated heterocycles. The fraction of sp³-hybridized carbons (Fsp3) is 0.333. The lowest BCUT2D eigenvalue weighted by Gasteiger charge is -2.10. The van der Waals surface area contributed by atoms with Crippen molar-refractivity contribution >= 4 is 33.5 Å². The molecule has 0 amide bonds. The summed E-state index contributed by atoms with van der Waals surface area (Å²) in [6.45, 7) is 6.71. The maximum absolute atomic E-state index is 5.92. The van der Waals surface area contributed by atoms with Crippen LogP contribution in [0.15, 0.2) is 53.5 Å². The third-order valence-corrected chi connectivity index (χ3v) is 5.44. The minimum atomic E-state index is 0.443. The van der Waals surface area contributed by atoms with Gasteiger partial charge in [0.05, 0.1) is 37.1 Å². The Kier molecular flexibility index (Phi) is 9.02. The maximum atomic E-state index is 5.92. The van der Waals surface area contributed by atoms with E-state index in [1.54, 1.807) is 24.7 Å². The number of aromatic nitrogens is 1. The summed E-state index contributed by atoms with van der Waals surface area (Å²) in [6, 6.07) is 11.9. The van der Waals surface area contributed by atoms with Crippen molar-refractivity contribution in [2.75, 3.05) is 40.1 Å². The Balaban J connectivity index is 1.75. The van der Waals surface area contributed by atoms with Crippen LogP contribution in [0.3, 0.4) is 0 Å². The Labute approximate surface area is 187 Å². The molecule has 0 spiro atoms. The average Bonchev–Trinajstić information content (AvgIpc) is 3.22. The highest BCUT2D eigenvalue weighted by Crippen LogP contribution is 2.37. The van der Waals surface area contributed by atoms with Crippen LogP contribution in [-0.4, -0.2) is 51.3 Å². The third-order valence-electron chi connectivity index (χ3n) is 4.35. The number of thiazole rings is 1. The molecule has 0 aliphatic rings. The molecule has 1 heterocycles. The predicted molar refractivity (Wildman–Crippen MR) is 127 cm³/mol. The smallest absolute Gasteiger partial charge is 0.145 e. The Morgan fingerprint density at radius 3 is 2.68 bits per heavy atom. The molecule has 0 saturated carbocycles. The van der Waals surface area contributed by atoms with Crippen molar-refractivity contribution < 1.29 is 18.9 Å². The molecule has 31 heavy (non-hydrogen) atoms. The Morgan fingerprint density at radius 2 is 1.87 bits per heavy atom. The van der Waals surface area contributed by atoms with Crippen LogP contribution in [0.5, 0.6) is 11.5 Å². The molecule has 1 aromatic heterocycles. The second-order valence-corrected chi connectivity index (χ2v) is 7.53. The fourth-order valence-electron chi connectivity index (χ4n) is 2.82. The molecule has 2 aromatic carbocycles. The molecule has 0 bridgehead atoms. The van der Waals surface area contributed by atoms with E-state index in [0.717, 1.165) is 32.2 Å². The summed E-state index contributed by atoms with van der Waals surface area (Å²) in [5.41, 5.74) is 2.66. The SMILES string of the molecule is C/C=C/C=Nc1cc(-c2nc3cc(OC)ccc3s2)ccc1OCCOCCOCC. The van der Waals surface area contributed by atoms with Gasteiger partial charge in [0.15, 0.2) is 0 Å². The number of hydrogen-bond acceptors (Lipinski definition) is 7. The van der Waals surface area contributed by atoms with Crippen LogP contribution in [0, 0.1) is 0 Å². The zero-order valence-electron chi connectivity index (χ0n) is 18.2. The second-order valence-electron chi connectivity index (χ2n) is 6.50. The summed E-state index contributed by atoms with van der Waals surface area (Å²) in [6.07, 6.45) is 5.58. The van der Waals surface area contributed by atoms with E-state index in [9.17, 15) is 0 Å². The van der Waals surface area contributed by atoms with Crippen molar-refractivity contribution in [2.24, 2.45) is 4.99 Å². The number of rotatable bonds is 12. The quantitative estimate of drug-likeness (QED) is 0.268. The number of aliphatic imine (C=N–C) groups is 1. The Bertz CT molecular complexity index is 1030. The van der Waals surface area contributed by atoms with E-state index in [1.807, 2.05) is 62.4 Å². The van der Waals surface area contributed by atoms with Gasteiger partial charge in [-0.05, 0) is 50.3 Å². The van der Waals surface area contributed by atoms with Gasteiger partial charge in [0, 0.05) is 24.5 Å². The van der Waals surface area contributed by atoms with Crippen LogP contribution in [0.4, 0.5) is 5.69 Å². The molecule has 6 nitrogen and oxygen atoms in total. The van der Waals surface area contributed by atoms with Gasteiger partial charge in [0.2, 0.25) is 0 Å². The molecule has 0 aliphatic heterocycles. The first-order valence-corrected chi connectivity index (χ1v) is 11.1. The van der Waals surface area contributed by atoms with Gasteiger partial charge >= 0.3 is 0 Å². The number of benzene rings is 2. The summed E-state index contributed by atoms with van der Waals surface area (Å²) in [7, 11) is 1.66. The second kappa shape index (κ2) is 12.2. The van der Waals surface area contributed by atoms with Crippen LogP contribution in [-0.2, 0) is 9.47 Å². The monoisotopic (exact) mass is 440 g/mol. The van der Waals surface area contributed by atoms with Gasteiger partial charge in [0.25, 0.3) is 0 Å². The zero-order valence-corrected chi connectivity index (χ0v) is 19.0. The standard InChI is InChI=1S/C24H28N2O4S/c1-4-6-11-25-20-16-18(7-9-22(20)30-15-14-29-13-12-28-5-2)24-26-21-17-19(27-3)8-10-23(21)31-24/h4,6-11,16-17H,5,12-15H2,1-3H3/b6-4+,25-11?. The van der Waals surface area contributed by atoms with Crippen LogP contribution in [0.25, 0.3) is 20.8 Å². The topological polar surface area (TPSA) is 62.2 Å². The van der Waals surface area contributed by atoms with Crippen molar-refractivity contribution in [1.29, 1.82) is 0 Å². The first-order valence-electron chi connectivity index (χ1n) is 10.3. The van der Waals surface area contributed by atoms with Gasteiger partial charge in [-0.2, -0.15) is 0 Å². The van der Waals surface area contributed by atoms with E-state index in [4.69, 9.17) is 23.9 Å². The number of fused-ring (bicyclic) bond motifs is 1. The van der Waals surface area contributed by atoms with Crippen molar-refractivity contribution in [3.05, 3.63) is 48.6 Å². The first kappa shape index (κ1) is 22.9. The van der Waals surface area contributed by atoms with Gasteiger partial charge in [-0.15, -0.1) is 11.3 Å². The lowest BCUT2D eigenvalue weighted by atomic mass is 10.2. The summed E-state index contributed by atoms with van der Waals surface area (Å²) in [5.74, 6) is 1.51. The van der Waals surface area contributed by atoms with Crippen molar-refractivity contribution in [3.8, 4) is 22.1 Å². The number of ether oxygens (including phenoxy) is 4. The molecule has 0 aliphatic carbocycles. The van der Waals surface area contributed by atoms with Crippen LogP contribution in [0.2, 0.25) is 0 Å². The van der Waals surface area contributed by atoms with Crippen LogP contribution in [0.1, 0.15) is 13.8 Å². The zero-order chi connectivity index (χ0) is 21.9. The largest absolute Gasteiger partial charge is 0.497 e. The minimum Gasteiger partial charge on any atom is -0.497 e. The normalized spacial score (nSPS) is 11.7. The molecule has 3 aromatic rings. The molecule has 0 N–H and O–H groups in total. The average molecular weight is 441 g/mol. The van der Waals surface area contributed by atoms with Crippen LogP contribution >= 0.6 is 11.3 Å². The lowest BCUT2D eigenvalue weighted by molar-refractivity contribution is 0.0405. The van der Waals surface area contributed by atoms with Crippen LogP contribution < -0.4 is 9.47 Å².